The summed E-state index contributed by atoms with van der Waals surface area (Å²) in [6, 6.07) is 6.22. The molecule has 0 radical (unpaired) electrons. The van der Waals surface area contributed by atoms with Crippen molar-refractivity contribution in [1.82, 2.24) is 0 Å². The second-order valence-electron chi connectivity index (χ2n) is 3.26. The molecule has 0 N–H and O–H groups in total. The Morgan fingerprint density at radius 2 is 2.13 bits per heavy atom. The zero-order chi connectivity index (χ0) is 11.3. The maximum absolute atomic E-state index is 12.7. The summed E-state index contributed by atoms with van der Waals surface area (Å²) in [6.45, 7) is 0.134. The Bertz CT molecular complexity index is 414. The third-order valence-electron chi connectivity index (χ3n) is 1.80. The Morgan fingerprint density at radius 3 is 2.73 bits per heavy atom. The van der Waals surface area contributed by atoms with Gasteiger partial charge in [0.15, 0.2) is 0 Å². The van der Waals surface area contributed by atoms with Crippen molar-refractivity contribution in [3.8, 4) is 0 Å². The minimum absolute atomic E-state index is 0.134. The lowest BCUT2D eigenvalue weighted by molar-refractivity contribution is 0.316. The van der Waals surface area contributed by atoms with E-state index in [0.29, 0.717) is 12.8 Å². The van der Waals surface area contributed by atoms with Gasteiger partial charge >= 0.3 is 0 Å². The van der Waals surface area contributed by atoms with Gasteiger partial charge in [-0.1, -0.05) is 12.1 Å². The Morgan fingerprint density at radius 1 is 1.40 bits per heavy atom. The van der Waals surface area contributed by atoms with Crippen LogP contribution in [0, 0.1) is 5.82 Å². The van der Waals surface area contributed by atoms with Crippen molar-refractivity contribution in [2.24, 2.45) is 0 Å². The van der Waals surface area contributed by atoms with Crippen molar-refractivity contribution in [2.75, 3.05) is 12.9 Å². The van der Waals surface area contributed by atoms with Crippen LogP contribution in [0.1, 0.15) is 12.0 Å². The summed E-state index contributed by atoms with van der Waals surface area (Å²) >= 11 is 0. The molecule has 0 saturated heterocycles. The fourth-order valence-electron chi connectivity index (χ4n) is 1.18. The lowest BCUT2D eigenvalue weighted by Crippen LogP contribution is -2.04. The molecule has 0 amide bonds. The van der Waals surface area contributed by atoms with E-state index in [1.54, 1.807) is 12.1 Å². The highest BCUT2D eigenvalue weighted by molar-refractivity contribution is 7.85. The molecule has 0 aliphatic heterocycles. The molecule has 3 nitrogen and oxygen atoms in total. The molecule has 1 aromatic carbocycles. The largest absolute Gasteiger partial charge is 0.270 e. The quantitative estimate of drug-likeness (QED) is 0.573. The van der Waals surface area contributed by atoms with Crippen LogP contribution in [0.25, 0.3) is 0 Å². The lowest BCUT2D eigenvalue weighted by atomic mass is 10.1. The molecule has 1 aromatic rings. The van der Waals surface area contributed by atoms with Crippen molar-refractivity contribution in [2.45, 2.75) is 12.8 Å². The normalized spacial score (nSPS) is 11.6. The summed E-state index contributed by atoms with van der Waals surface area (Å²) < 4.78 is 38.5. The highest BCUT2D eigenvalue weighted by Gasteiger charge is 2.01. The minimum atomic E-state index is -3.36. The summed E-state index contributed by atoms with van der Waals surface area (Å²) in [5.41, 5.74) is 0.840. The average molecular weight is 232 g/mol. The molecule has 0 bridgehead atoms. The highest BCUT2D eigenvalue weighted by atomic mass is 32.2. The second-order valence-corrected chi connectivity index (χ2v) is 4.90. The van der Waals surface area contributed by atoms with Gasteiger partial charge in [0.25, 0.3) is 10.1 Å². The summed E-state index contributed by atoms with van der Waals surface area (Å²) in [6.07, 6.45) is 2.17. The average Bonchev–Trinajstić information content (AvgIpc) is 2.11. The SMILES string of the molecule is CS(=O)(=O)OCCCc1cccc(F)c1. The van der Waals surface area contributed by atoms with Gasteiger partial charge in [-0.05, 0) is 30.5 Å². The van der Waals surface area contributed by atoms with E-state index in [-0.39, 0.29) is 12.4 Å². The van der Waals surface area contributed by atoms with Crippen molar-refractivity contribution in [3.63, 3.8) is 0 Å². The van der Waals surface area contributed by atoms with Gasteiger partial charge < -0.3 is 0 Å². The van der Waals surface area contributed by atoms with Crippen molar-refractivity contribution < 1.29 is 17.0 Å². The summed E-state index contributed by atoms with van der Waals surface area (Å²) in [5, 5.41) is 0. The van der Waals surface area contributed by atoms with Gasteiger partial charge in [0.1, 0.15) is 5.82 Å². The summed E-state index contributed by atoms with van der Waals surface area (Å²) in [7, 11) is -3.36. The molecular weight excluding hydrogens is 219 g/mol. The predicted molar refractivity (Wildman–Crippen MR) is 55.5 cm³/mol. The Labute approximate surface area is 89.0 Å². The standard InChI is InChI=1S/C10H13FO3S/c1-15(12,13)14-7-3-5-9-4-2-6-10(11)8-9/h2,4,6,8H,3,5,7H2,1H3. The van der Waals surface area contributed by atoms with Crippen LogP contribution in [-0.2, 0) is 20.7 Å². The molecule has 0 fully saturated rings. The van der Waals surface area contributed by atoms with Crippen LogP contribution in [0.5, 0.6) is 0 Å². The first kappa shape index (κ1) is 12.1. The maximum atomic E-state index is 12.7. The zero-order valence-electron chi connectivity index (χ0n) is 8.44. The van der Waals surface area contributed by atoms with Crippen LogP contribution in [-0.4, -0.2) is 21.3 Å². The van der Waals surface area contributed by atoms with Crippen LogP contribution in [0.3, 0.4) is 0 Å². The van der Waals surface area contributed by atoms with Crippen molar-refractivity contribution in [1.29, 1.82) is 0 Å². The molecule has 5 heteroatoms. The zero-order valence-corrected chi connectivity index (χ0v) is 9.26. The predicted octanol–water partition coefficient (Wildman–Crippen LogP) is 1.73. The maximum Gasteiger partial charge on any atom is 0.264 e. The number of hydrogen-bond donors (Lipinski definition) is 0. The number of aryl methyl sites for hydroxylation is 1. The molecule has 0 aliphatic rings. The molecule has 84 valence electrons. The van der Waals surface area contributed by atoms with E-state index in [9.17, 15) is 12.8 Å². The van der Waals surface area contributed by atoms with E-state index in [0.717, 1.165) is 11.8 Å². The van der Waals surface area contributed by atoms with Crippen LogP contribution in [0.2, 0.25) is 0 Å². The van der Waals surface area contributed by atoms with Crippen molar-refractivity contribution >= 4 is 10.1 Å². The summed E-state index contributed by atoms with van der Waals surface area (Å²) in [5.74, 6) is -0.281. The molecule has 0 unspecified atom stereocenters. The van der Waals surface area contributed by atoms with E-state index in [1.165, 1.54) is 12.1 Å². The number of rotatable bonds is 5. The Balaban J connectivity index is 2.32. The van der Waals surface area contributed by atoms with E-state index >= 15 is 0 Å². The summed E-state index contributed by atoms with van der Waals surface area (Å²) in [4.78, 5) is 0. The molecule has 0 aromatic heterocycles. The molecule has 0 spiro atoms. The third kappa shape index (κ3) is 5.49. The topological polar surface area (TPSA) is 43.4 Å². The molecule has 0 atom stereocenters. The third-order valence-corrected chi connectivity index (χ3v) is 2.39. The van der Waals surface area contributed by atoms with Crippen LogP contribution in [0.4, 0.5) is 4.39 Å². The first-order chi connectivity index (χ1) is 6.97. The monoisotopic (exact) mass is 232 g/mol. The van der Waals surface area contributed by atoms with Gasteiger partial charge in [0.2, 0.25) is 0 Å². The number of hydrogen-bond acceptors (Lipinski definition) is 3. The highest BCUT2D eigenvalue weighted by Crippen LogP contribution is 2.06. The van der Waals surface area contributed by atoms with Crippen molar-refractivity contribution in [3.05, 3.63) is 35.6 Å². The van der Waals surface area contributed by atoms with Crippen LogP contribution in [0.15, 0.2) is 24.3 Å². The smallest absolute Gasteiger partial charge is 0.264 e. The van der Waals surface area contributed by atoms with Gasteiger partial charge in [0, 0.05) is 0 Å². The van der Waals surface area contributed by atoms with Gasteiger partial charge in [0.05, 0.1) is 12.9 Å². The Hall–Kier alpha value is -0.940. The molecule has 0 saturated carbocycles. The molecule has 15 heavy (non-hydrogen) atoms. The second kappa shape index (κ2) is 5.23. The minimum Gasteiger partial charge on any atom is -0.270 e. The molecule has 1 rings (SSSR count). The Kier molecular flexibility index (Phi) is 4.23. The van der Waals surface area contributed by atoms with E-state index in [4.69, 9.17) is 0 Å². The van der Waals surface area contributed by atoms with Gasteiger partial charge in [-0.15, -0.1) is 0 Å². The van der Waals surface area contributed by atoms with Crippen LogP contribution >= 0.6 is 0 Å². The molecular formula is C10H13FO3S. The number of benzene rings is 1. The van der Waals surface area contributed by atoms with E-state index < -0.39 is 10.1 Å². The molecule has 0 heterocycles. The first-order valence-corrected chi connectivity index (χ1v) is 6.38. The van der Waals surface area contributed by atoms with Gasteiger partial charge in [-0.2, -0.15) is 8.42 Å². The van der Waals surface area contributed by atoms with E-state index in [1.807, 2.05) is 0 Å². The lowest BCUT2D eigenvalue weighted by Gasteiger charge is -2.02. The van der Waals surface area contributed by atoms with E-state index in [2.05, 4.69) is 4.18 Å². The molecule has 0 aliphatic carbocycles. The fraction of sp³-hybridized carbons (Fsp3) is 0.400. The first-order valence-electron chi connectivity index (χ1n) is 4.56. The fourth-order valence-corrected chi connectivity index (χ4v) is 1.60. The van der Waals surface area contributed by atoms with Crippen LogP contribution < -0.4 is 0 Å². The number of halogens is 1. The van der Waals surface area contributed by atoms with Gasteiger partial charge in [-0.25, -0.2) is 4.39 Å². The van der Waals surface area contributed by atoms with Gasteiger partial charge in [-0.3, -0.25) is 4.18 Å².